The number of anilines is 1. The minimum Gasteiger partial charge on any atom is -0.370 e. The zero-order valence-electron chi connectivity index (χ0n) is 14.2. The third-order valence-corrected chi connectivity index (χ3v) is 5.84. The summed E-state index contributed by atoms with van der Waals surface area (Å²) in [5, 5.41) is 16.2. The number of hydrogen-bond acceptors (Lipinski definition) is 5. The smallest absolute Gasteiger partial charge is 0.271 e. The van der Waals surface area contributed by atoms with Crippen LogP contribution in [0.1, 0.15) is 17.7 Å². The van der Waals surface area contributed by atoms with Gasteiger partial charge in [-0.25, -0.2) is 0 Å². The fourth-order valence-corrected chi connectivity index (χ4v) is 4.16. The van der Waals surface area contributed by atoms with Gasteiger partial charge in [-0.3, -0.25) is 14.9 Å². The first kappa shape index (κ1) is 18.7. The van der Waals surface area contributed by atoms with Crippen molar-refractivity contribution in [3.8, 4) is 0 Å². The molecular formula is C18H20ClN3O3S. The lowest BCUT2D eigenvalue weighted by molar-refractivity contribution is -0.384. The van der Waals surface area contributed by atoms with Crippen LogP contribution in [0.15, 0.2) is 35.7 Å². The summed E-state index contributed by atoms with van der Waals surface area (Å²) >= 11 is 7.90. The van der Waals surface area contributed by atoms with Crippen LogP contribution in [0.4, 0.5) is 11.4 Å². The normalized spacial score (nSPS) is 15.0. The van der Waals surface area contributed by atoms with E-state index in [0.717, 1.165) is 24.9 Å². The Labute approximate surface area is 160 Å². The molecule has 0 bridgehead atoms. The van der Waals surface area contributed by atoms with Crippen molar-refractivity contribution in [2.24, 2.45) is 5.92 Å². The molecule has 0 spiro atoms. The summed E-state index contributed by atoms with van der Waals surface area (Å²) < 4.78 is 0. The summed E-state index contributed by atoms with van der Waals surface area (Å²) in [4.78, 5) is 26.0. The lowest BCUT2D eigenvalue weighted by atomic mass is 9.95. The molecule has 2 aromatic rings. The Bertz CT molecular complexity index is 774. The van der Waals surface area contributed by atoms with Crippen LogP contribution >= 0.6 is 22.9 Å². The van der Waals surface area contributed by atoms with E-state index in [2.05, 4.69) is 16.3 Å². The Hall–Kier alpha value is -2.12. The first-order chi connectivity index (χ1) is 12.5. The number of nitrogens with one attached hydrogen (secondary N) is 1. The van der Waals surface area contributed by atoms with Crippen LogP contribution in [0.3, 0.4) is 0 Å². The van der Waals surface area contributed by atoms with Crippen LogP contribution in [-0.2, 0) is 11.2 Å². The van der Waals surface area contributed by atoms with Crippen LogP contribution in [0.2, 0.25) is 5.02 Å². The molecule has 26 heavy (non-hydrogen) atoms. The van der Waals surface area contributed by atoms with Crippen LogP contribution in [0.5, 0.6) is 0 Å². The molecule has 0 saturated carbocycles. The van der Waals surface area contributed by atoms with Gasteiger partial charge in [-0.1, -0.05) is 17.7 Å². The third-order valence-electron chi connectivity index (χ3n) is 4.60. The molecule has 1 aliphatic heterocycles. The Balaban J connectivity index is 1.49. The van der Waals surface area contributed by atoms with E-state index in [1.165, 1.54) is 17.0 Å². The van der Waals surface area contributed by atoms with E-state index >= 15 is 0 Å². The van der Waals surface area contributed by atoms with Gasteiger partial charge in [0.15, 0.2) is 0 Å². The van der Waals surface area contributed by atoms with Crippen molar-refractivity contribution in [3.05, 3.63) is 55.7 Å². The number of nitro benzene ring substituents is 1. The Kier molecular flexibility index (Phi) is 6.11. The van der Waals surface area contributed by atoms with Crippen molar-refractivity contribution in [3.63, 3.8) is 0 Å². The highest BCUT2D eigenvalue weighted by Gasteiger charge is 2.26. The zero-order valence-corrected chi connectivity index (χ0v) is 15.8. The number of carbonyl (C=O) groups excluding carboxylic acids is 1. The minimum atomic E-state index is -0.456. The lowest BCUT2D eigenvalue weighted by Crippen LogP contribution is -2.41. The molecule has 1 aromatic heterocycles. The van der Waals surface area contributed by atoms with Gasteiger partial charge in [-0.15, -0.1) is 11.3 Å². The summed E-state index contributed by atoms with van der Waals surface area (Å²) in [5.74, 6) is 0.113. The number of halogens is 1. The molecule has 1 amide bonds. The quantitative estimate of drug-likeness (QED) is 0.596. The topological polar surface area (TPSA) is 75.5 Å². The van der Waals surface area contributed by atoms with Gasteiger partial charge in [0.2, 0.25) is 5.91 Å². The predicted octanol–water partition coefficient (Wildman–Crippen LogP) is 3.89. The van der Waals surface area contributed by atoms with Crippen molar-refractivity contribution in [2.45, 2.75) is 19.3 Å². The highest BCUT2D eigenvalue weighted by atomic mass is 35.5. The van der Waals surface area contributed by atoms with Gasteiger partial charge in [-0.2, -0.15) is 0 Å². The molecule has 2 heterocycles. The van der Waals surface area contributed by atoms with E-state index in [-0.39, 0.29) is 17.5 Å². The molecule has 1 N–H and O–H groups in total. The molecule has 1 fully saturated rings. The maximum absolute atomic E-state index is 12.3. The van der Waals surface area contributed by atoms with Crippen molar-refractivity contribution >= 4 is 40.2 Å². The van der Waals surface area contributed by atoms with Crippen molar-refractivity contribution < 1.29 is 9.72 Å². The molecule has 3 rings (SSSR count). The van der Waals surface area contributed by atoms with E-state index in [4.69, 9.17) is 11.6 Å². The maximum Gasteiger partial charge on any atom is 0.271 e. The molecule has 0 unspecified atom stereocenters. The second kappa shape index (κ2) is 8.51. The molecule has 138 valence electrons. The molecular weight excluding hydrogens is 374 g/mol. The number of nitro groups is 1. The van der Waals surface area contributed by atoms with Gasteiger partial charge in [0.05, 0.1) is 15.6 Å². The Morgan fingerprint density at radius 3 is 2.73 bits per heavy atom. The monoisotopic (exact) mass is 393 g/mol. The van der Waals surface area contributed by atoms with E-state index in [1.54, 1.807) is 17.4 Å². The van der Waals surface area contributed by atoms with Crippen LogP contribution in [0.25, 0.3) is 0 Å². The van der Waals surface area contributed by atoms with Crippen LogP contribution in [0, 0.1) is 16.0 Å². The highest BCUT2D eigenvalue weighted by Crippen LogP contribution is 2.32. The molecule has 0 aliphatic carbocycles. The Morgan fingerprint density at radius 1 is 1.35 bits per heavy atom. The van der Waals surface area contributed by atoms with Gasteiger partial charge >= 0.3 is 0 Å². The van der Waals surface area contributed by atoms with Gasteiger partial charge in [0.25, 0.3) is 5.69 Å². The molecule has 8 heteroatoms. The largest absolute Gasteiger partial charge is 0.370 e. The highest BCUT2D eigenvalue weighted by molar-refractivity contribution is 7.09. The fourth-order valence-electron chi connectivity index (χ4n) is 3.16. The number of non-ortho nitro benzene ring substituents is 1. The van der Waals surface area contributed by atoms with Gasteiger partial charge in [-0.05, 0) is 36.8 Å². The Morgan fingerprint density at radius 2 is 2.12 bits per heavy atom. The summed E-state index contributed by atoms with van der Waals surface area (Å²) in [7, 11) is 0. The van der Waals surface area contributed by atoms with Crippen LogP contribution in [-0.4, -0.2) is 30.5 Å². The minimum absolute atomic E-state index is 0.00593. The number of thiophene rings is 1. The molecule has 1 aliphatic rings. The van der Waals surface area contributed by atoms with Gasteiger partial charge in [0, 0.05) is 42.6 Å². The molecule has 0 atom stereocenters. The standard InChI is InChI=1S/C18H20ClN3O3S/c19-16-12-14(22(24)25)3-4-17(16)21-9-6-13(7-10-21)18(23)20-8-5-15-2-1-11-26-15/h1-4,11-13H,5-10H2,(H,20,23). The van der Waals surface area contributed by atoms with Crippen molar-refractivity contribution in [2.75, 3.05) is 24.5 Å². The fraction of sp³-hybridized carbons (Fsp3) is 0.389. The average Bonchev–Trinajstić information content (AvgIpc) is 3.15. The number of hydrogen-bond donors (Lipinski definition) is 1. The summed E-state index contributed by atoms with van der Waals surface area (Å²) in [6, 6.07) is 8.61. The van der Waals surface area contributed by atoms with E-state index in [9.17, 15) is 14.9 Å². The first-order valence-electron chi connectivity index (χ1n) is 8.53. The summed E-state index contributed by atoms with van der Waals surface area (Å²) in [6.07, 6.45) is 2.36. The van der Waals surface area contributed by atoms with E-state index in [0.29, 0.717) is 24.7 Å². The number of benzene rings is 1. The number of piperidine rings is 1. The summed E-state index contributed by atoms with van der Waals surface area (Å²) in [6.45, 7) is 2.08. The van der Waals surface area contributed by atoms with Crippen molar-refractivity contribution in [1.29, 1.82) is 0 Å². The SMILES string of the molecule is O=C(NCCc1cccs1)C1CCN(c2ccc([N+](=O)[O-])cc2Cl)CC1. The average molecular weight is 394 g/mol. The van der Waals surface area contributed by atoms with Crippen molar-refractivity contribution in [1.82, 2.24) is 5.32 Å². The number of carbonyl (C=O) groups is 1. The van der Waals surface area contributed by atoms with E-state index < -0.39 is 4.92 Å². The summed E-state index contributed by atoms with van der Waals surface area (Å²) in [5.41, 5.74) is 0.771. The second-order valence-corrected chi connectivity index (χ2v) is 7.71. The molecule has 0 radical (unpaired) electrons. The number of rotatable bonds is 6. The zero-order chi connectivity index (χ0) is 18.5. The predicted molar refractivity (Wildman–Crippen MR) is 104 cm³/mol. The van der Waals surface area contributed by atoms with Gasteiger partial charge in [0.1, 0.15) is 0 Å². The lowest BCUT2D eigenvalue weighted by Gasteiger charge is -2.33. The van der Waals surface area contributed by atoms with Crippen LogP contribution < -0.4 is 10.2 Å². The molecule has 1 aromatic carbocycles. The number of amides is 1. The number of nitrogens with zero attached hydrogens (tertiary/aromatic N) is 2. The second-order valence-electron chi connectivity index (χ2n) is 6.27. The molecule has 6 nitrogen and oxygen atoms in total. The first-order valence-corrected chi connectivity index (χ1v) is 9.79. The third kappa shape index (κ3) is 4.53. The molecule has 1 saturated heterocycles. The maximum atomic E-state index is 12.3. The van der Waals surface area contributed by atoms with Gasteiger partial charge < -0.3 is 10.2 Å². The van der Waals surface area contributed by atoms with E-state index in [1.807, 2.05) is 11.4 Å².